The van der Waals surface area contributed by atoms with Crippen LogP contribution in [0.1, 0.15) is 47.3 Å². The number of carboxylic acids is 1. The summed E-state index contributed by atoms with van der Waals surface area (Å²) in [6.07, 6.45) is 3.02. The lowest BCUT2D eigenvalue weighted by Gasteiger charge is -2.22. The van der Waals surface area contributed by atoms with Gasteiger partial charge in [-0.25, -0.2) is 9.78 Å². The van der Waals surface area contributed by atoms with Gasteiger partial charge in [0.25, 0.3) is 0 Å². The highest BCUT2D eigenvalue weighted by Crippen LogP contribution is 2.35. The lowest BCUT2D eigenvalue weighted by molar-refractivity contribution is -0.192. The van der Waals surface area contributed by atoms with Crippen LogP contribution in [0.3, 0.4) is 0 Å². The van der Waals surface area contributed by atoms with Crippen molar-refractivity contribution in [2.45, 2.75) is 50.9 Å². The average Bonchev–Trinajstić information content (AvgIpc) is 3.34. The summed E-state index contributed by atoms with van der Waals surface area (Å²) < 4.78 is 31.7. The second kappa shape index (κ2) is 7.75. The van der Waals surface area contributed by atoms with E-state index >= 15 is 0 Å². The number of nitrogens with zero attached hydrogens (tertiary/aromatic N) is 3. The van der Waals surface area contributed by atoms with Gasteiger partial charge in [0.2, 0.25) is 0 Å². The first-order valence-electron chi connectivity index (χ1n) is 8.35. The van der Waals surface area contributed by atoms with Gasteiger partial charge in [-0.15, -0.1) is 11.3 Å². The van der Waals surface area contributed by atoms with Gasteiger partial charge in [0, 0.05) is 23.8 Å². The molecule has 2 aromatic heterocycles. The topological polar surface area (TPSA) is 82.1 Å². The average molecular weight is 388 g/mol. The monoisotopic (exact) mass is 388 g/mol. The Balaban J connectivity index is 0.000000242. The highest BCUT2D eigenvalue weighted by Gasteiger charge is 2.38. The Morgan fingerprint density at radius 1 is 1.38 bits per heavy atom. The Bertz CT molecular complexity index is 745. The molecule has 26 heavy (non-hydrogen) atoms. The van der Waals surface area contributed by atoms with Gasteiger partial charge >= 0.3 is 12.1 Å². The lowest BCUT2D eigenvalue weighted by Crippen LogP contribution is -2.23. The molecule has 0 aromatic carbocycles. The van der Waals surface area contributed by atoms with Crippen LogP contribution in [0, 0.1) is 0 Å². The van der Waals surface area contributed by atoms with E-state index in [1.54, 1.807) is 11.3 Å². The van der Waals surface area contributed by atoms with Gasteiger partial charge in [-0.1, -0.05) is 0 Å². The Hall–Kier alpha value is -1.94. The molecule has 4 rings (SSSR count). The second-order valence-electron chi connectivity index (χ2n) is 6.28. The third kappa shape index (κ3) is 4.24. The Morgan fingerprint density at radius 3 is 2.81 bits per heavy atom. The quantitative estimate of drug-likeness (QED) is 0.843. The SMILES string of the molecule is O=C(O)C(F)(F)F.c1csc(C2CCCN2Cc2n[nH]c3c2CCC3)n1. The number of likely N-dealkylation sites (tertiary alicyclic amines) is 1. The number of aromatic nitrogens is 3. The maximum atomic E-state index is 10.6. The van der Waals surface area contributed by atoms with E-state index in [0.29, 0.717) is 6.04 Å². The van der Waals surface area contributed by atoms with E-state index in [9.17, 15) is 13.2 Å². The number of aryl methyl sites for hydroxylation is 1. The summed E-state index contributed by atoms with van der Waals surface area (Å²) in [5.41, 5.74) is 4.14. The molecular weight excluding hydrogens is 369 g/mol. The first kappa shape index (κ1) is 18.8. The highest BCUT2D eigenvalue weighted by atomic mass is 32.1. The number of nitrogens with one attached hydrogen (secondary N) is 1. The molecule has 10 heteroatoms. The molecule has 3 heterocycles. The smallest absolute Gasteiger partial charge is 0.475 e. The van der Waals surface area contributed by atoms with Crippen molar-refractivity contribution in [3.63, 3.8) is 0 Å². The Morgan fingerprint density at radius 2 is 2.15 bits per heavy atom. The van der Waals surface area contributed by atoms with Crippen LogP contribution in [0.5, 0.6) is 0 Å². The summed E-state index contributed by atoms with van der Waals surface area (Å²) in [6.45, 7) is 2.15. The fourth-order valence-corrected chi connectivity index (χ4v) is 4.21. The van der Waals surface area contributed by atoms with Gasteiger partial charge in [-0.3, -0.25) is 10.00 Å². The van der Waals surface area contributed by atoms with E-state index in [-0.39, 0.29) is 0 Å². The number of H-pyrrole nitrogens is 1. The van der Waals surface area contributed by atoms with Crippen LogP contribution in [-0.4, -0.2) is 43.9 Å². The van der Waals surface area contributed by atoms with Crippen molar-refractivity contribution in [1.29, 1.82) is 0 Å². The summed E-state index contributed by atoms with van der Waals surface area (Å²) in [6, 6.07) is 0.508. The molecule has 0 amide bonds. The number of halogens is 3. The van der Waals surface area contributed by atoms with Crippen molar-refractivity contribution >= 4 is 17.3 Å². The molecule has 0 radical (unpaired) electrons. The van der Waals surface area contributed by atoms with Crippen LogP contribution in [0.25, 0.3) is 0 Å². The van der Waals surface area contributed by atoms with Gasteiger partial charge in [-0.2, -0.15) is 18.3 Å². The first-order chi connectivity index (χ1) is 12.4. The van der Waals surface area contributed by atoms with Gasteiger partial charge in [-0.05, 0) is 44.2 Å². The number of carboxylic acid groups (broad SMARTS) is 1. The summed E-state index contributed by atoms with van der Waals surface area (Å²) >= 11 is 1.78. The lowest BCUT2D eigenvalue weighted by atomic mass is 10.2. The van der Waals surface area contributed by atoms with Crippen molar-refractivity contribution in [2.75, 3.05) is 6.54 Å². The van der Waals surface area contributed by atoms with Crippen molar-refractivity contribution in [3.05, 3.63) is 33.5 Å². The number of aromatic amines is 1. The number of carbonyl (C=O) groups is 1. The van der Waals surface area contributed by atoms with Crippen LogP contribution in [0.15, 0.2) is 11.6 Å². The molecule has 0 saturated carbocycles. The van der Waals surface area contributed by atoms with Gasteiger partial charge < -0.3 is 5.11 Å². The fraction of sp³-hybridized carbons (Fsp3) is 0.562. The molecule has 2 N–H and O–H groups in total. The number of alkyl halides is 3. The molecule has 2 aromatic rings. The molecule has 1 saturated heterocycles. The summed E-state index contributed by atoms with van der Waals surface area (Å²) in [4.78, 5) is 15.9. The van der Waals surface area contributed by atoms with E-state index in [1.165, 1.54) is 60.6 Å². The van der Waals surface area contributed by atoms with Crippen LogP contribution in [-0.2, 0) is 24.2 Å². The third-order valence-electron chi connectivity index (χ3n) is 4.59. The van der Waals surface area contributed by atoms with Crippen LogP contribution < -0.4 is 0 Å². The first-order valence-corrected chi connectivity index (χ1v) is 9.22. The molecule has 1 aliphatic heterocycles. The molecule has 1 aliphatic carbocycles. The zero-order valence-electron chi connectivity index (χ0n) is 13.9. The molecule has 0 spiro atoms. The summed E-state index contributed by atoms with van der Waals surface area (Å²) in [5, 5.41) is 18.2. The van der Waals surface area contributed by atoms with Gasteiger partial charge in [0.1, 0.15) is 5.01 Å². The van der Waals surface area contributed by atoms with Crippen molar-refractivity contribution in [2.24, 2.45) is 0 Å². The number of aliphatic carboxylic acids is 1. The molecular formula is C16H19F3N4O2S. The minimum Gasteiger partial charge on any atom is -0.475 e. The number of hydrogen-bond acceptors (Lipinski definition) is 5. The number of fused-ring (bicyclic) bond motifs is 1. The minimum atomic E-state index is -5.08. The number of rotatable bonds is 3. The fourth-order valence-electron chi connectivity index (χ4n) is 3.41. The maximum absolute atomic E-state index is 10.6. The molecule has 0 bridgehead atoms. The molecule has 1 unspecified atom stereocenters. The van der Waals surface area contributed by atoms with Crippen LogP contribution in [0.4, 0.5) is 13.2 Å². The molecule has 142 valence electrons. The van der Waals surface area contributed by atoms with E-state index in [1.807, 2.05) is 6.20 Å². The summed E-state index contributed by atoms with van der Waals surface area (Å²) in [5.74, 6) is -2.76. The Kier molecular flexibility index (Phi) is 5.61. The van der Waals surface area contributed by atoms with E-state index in [0.717, 1.165) is 6.54 Å². The van der Waals surface area contributed by atoms with E-state index in [2.05, 4.69) is 25.5 Å². The second-order valence-corrected chi connectivity index (χ2v) is 7.21. The van der Waals surface area contributed by atoms with E-state index < -0.39 is 12.1 Å². The zero-order valence-corrected chi connectivity index (χ0v) is 14.7. The number of thiazole rings is 1. The van der Waals surface area contributed by atoms with Crippen LogP contribution >= 0.6 is 11.3 Å². The van der Waals surface area contributed by atoms with Gasteiger partial charge in [0.05, 0.1) is 11.7 Å². The summed E-state index contributed by atoms with van der Waals surface area (Å²) in [7, 11) is 0. The molecule has 1 atom stereocenters. The standard InChI is InChI=1S/C14H18N4S.C2HF3O2/c1-3-10-11(4-1)16-17-12(10)9-18-7-2-5-13(18)14-15-6-8-19-14;3-2(4,5)1(6)7/h6,8,13H,1-5,7,9H2,(H,16,17);(H,6,7). The third-order valence-corrected chi connectivity index (χ3v) is 5.46. The van der Waals surface area contributed by atoms with Crippen molar-refractivity contribution in [3.8, 4) is 0 Å². The van der Waals surface area contributed by atoms with E-state index in [4.69, 9.17) is 9.90 Å². The maximum Gasteiger partial charge on any atom is 0.490 e. The molecule has 2 aliphatic rings. The predicted octanol–water partition coefficient (Wildman–Crippen LogP) is 3.33. The Labute approximate surface area is 152 Å². The molecule has 1 fully saturated rings. The van der Waals surface area contributed by atoms with Crippen molar-refractivity contribution < 1.29 is 23.1 Å². The normalized spacial score (nSPS) is 19.9. The zero-order chi connectivity index (χ0) is 18.7. The minimum absolute atomic E-state index is 0.508. The predicted molar refractivity (Wildman–Crippen MR) is 88.8 cm³/mol. The largest absolute Gasteiger partial charge is 0.490 e. The number of hydrogen-bond donors (Lipinski definition) is 2. The van der Waals surface area contributed by atoms with Gasteiger partial charge in [0.15, 0.2) is 0 Å². The van der Waals surface area contributed by atoms with Crippen LogP contribution in [0.2, 0.25) is 0 Å². The van der Waals surface area contributed by atoms with Crippen molar-refractivity contribution in [1.82, 2.24) is 20.1 Å². The highest BCUT2D eigenvalue weighted by molar-refractivity contribution is 7.09. The molecule has 6 nitrogen and oxygen atoms in total.